The van der Waals surface area contributed by atoms with E-state index in [1.165, 1.54) is 12.1 Å². The summed E-state index contributed by atoms with van der Waals surface area (Å²) in [6.07, 6.45) is 1.72. The van der Waals surface area contributed by atoms with Crippen molar-refractivity contribution in [3.05, 3.63) is 58.2 Å². The molecule has 0 atom stereocenters. The van der Waals surface area contributed by atoms with E-state index in [1.807, 2.05) is 0 Å². The molecule has 0 aliphatic carbocycles. The van der Waals surface area contributed by atoms with Crippen molar-refractivity contribution < 1.29 is 18.3 Å². The van der Waals surface area contributed by atoms with Crippen LogP contribution < -0.4 is 4.31 Å². The van der Waals surface area contributed by atoms with Crippen LogP contribution in [0, 0.1) is 0 Å². The van der Waals surface area contributed by atoms with Crippen LogP contribution in [0.5, 0.6) is 0 Å². The van der Waals surface area contributed by atoms with Crippen LogP contribution in [0.4, 0.5) is 5.69 Å². The van der Waals surface area contributed by atoms with Gasteiger partial charge in [0.25, 0.3) is 10.0 Å². The summed E-state index contributed by atoms with van der Waals surface area (Å²) in [5, 5.41) is 10.2. The highest BCUT2D eigenvalue weighted by Gasteiger charge is 2.28. The number of hydrogen-bond donors (Lipinski definition) is 2. The normalized spacial score (nSPS) is 11.6. The minimum Gasteiger partial charge on any atom is -0.480 e. The zero-order valence-electron chi connectivity index (χ0n) is 12.6. The largest absolute Gasteiger partial charge is 0.480 e. The van der Waals surface area contributed by atoms with E-state index >= 15 is 0 Å². The van der Waals surface area contributed by atoms with Crippen LogP contribution >= 0.6 is 27.5 Å². The second-order valence-electron chi connectivity index (χ2n) is 5.26. The zero-order chi connectivity index (χ0) is 18.2. The van der Waals surface area contributed by atoms with Crippen molar-refractivity contribution in [3.63, 3.8) is 0 Å². The number of carboxylic acid groups (broad SMARTS) is 1. The fraction of sp³-hybridized carbons (Fsp3) is 0.0625. The molecule has 0 bridgehead atoms. The number of aliphatic carboxylic acids is 1. The Morgan fingerprint density at radius 2 is 1.96 bits per heavy atom. The first-order valence-corrected chi connectivity index (χ1v) is 9.66. The molecule has 0 radical (unpaired) electrons. The molecule has 2 N–H and O–H groups in total. The third kappa shape index (κ3) is 3.65. The van der Waals surface area contributed by atoms with Crippen LogP contribution in [0.1, 0.15) is 0 Å². The monoisotopic (exact) mass is 442 g/mol. The van der Waals surface area contributed by atoms with Gasteiger partial charge in [0.1, 0.15) is 6.54 Å². The summed E-state index contributed by atoms with van der Waals surface area (Å²) >= 11 is 9.14. The Morgan fingerprint density at radius 1 is 1.20 bits per heavy atom. The molecule has 3 rings (SSSR count). The van der Waals surface area contributed by atoms with E-state index in [-0.39, 0.29) is 15.6 Å². The molecule has 25 heavy (non-hydrogen) atoms. The number of hydrogen-bond acceptors (Lipinski definition) is 3. The van der Waals surface area contributed by atoms with Crippen molar-refractivity contribution in [1.82, 2.24) is 4.98 Å². The summed E-state index contributed by atoms with van der Waals surface area (Å²) in [6, 6.07) is 10.9. The molecule has 2 aromatic carbocycles. The van der Waals surface area contributed by atoms with Crippen LogP contribution in [-0.2, 0) is 14.8 Å². The molecule has 0 aliphatic rings. The average Bonchev–Trinajstić information content (AvgIpc) is 2.98. The first-order valence-electron chi connectivity index (χ1n) is 7.05. The predicted octanol–water partition coefficient (Wildman–Crippen LogP) is 3.86. The summed E-state index contributed by atoms with van der Waals surface area (Å²) in [7, 11) is -4.12. The van der Waals surface area contributed by atoms with Gasteiger partial charge in [0.2, 0.25) is 0 Å². The summed E-state index contributed by atoms with van der Waals surface area (Å²) in [5.41, 5.74) is 1.08. The minimum atomic E-state index is -4.12. The van der Waals surface area contributed by atoms with Gasteiger partial charge < -0.3 is 10.1 Å². The highest BCUT2D eigenvalue weighted by Crippen LogP contribution is 2.29. The summed E-state index contributed by atoms with van der Waals surface area (Å²) in [4.78, 5) is 14.2. The molecule has 0 fully saturated rings. The lowest BCUT2D eigenvalue weighted by atomic mass is 10.2. The van der Waals surface area contributed by atoms with Crippen molar-refractivity contribution in [2.75, 3.05) is 10.8 Å². The van der Waals surface area contributed by atoms with E-state index in [4.69, 9.17) is 11.6 Å². The quantitative estimate of drug-likeness (QED) is 0.626. The molecule has 0 saturated carbocycles. The fourth-order valence-corrected chi connectivity index (χ4v) is 4.99. The van der Waals surface area contributed by atoms with Crippen LogP contribution in [-0.4, -0.2) is 31.0 Å². The van der Waals surface area contributed by atoms with Gasteiger partial charge in [-0.15, -0.1) is 0 Å². The molecule has 6 nitrogen and oxygen atoms in total. The van der Waals surface area contributed by atoms with Gasteiger partial charge in [-0.3, -0.25) is 9.10 Å². The Hall–Kier alpha value is -2.03. The number of nitrogens with one attached hydrogen (secondary N) is 1. The Labute approximate surface area is 157 Å². The van der Waals surface area contributed by atoms with E-state index in [0.29, 0.717) is 4.47 Å². The van der Waals surface area contributed by atoms with Gasteiger partial charge >= 0.3 is 5.97 Å². The number of sulfonamides is 1. The predicted molar refractivity (Wildman–Crippen MR) is 99.6 cm³/mol. The Bertz CT molecular complexity index is 1040. The third-order valence-corrected chi connectivity index (χ3v) is 5.96. The Balaban J connectivity index is 2.15. The maximum absolute atomic E-state index is 13.0. The molecule has 0 aliphatic heterocycles. The van der Waals surface area contributed by atoms with Gasteiger partial charge in [-0.25, -0.2) is 8.42 Å². The number of H-pyrrole nitrogens is 1. The van der Waals surface area contributed by atoms with Crippen molar-refractivity contribution in [2.24, 2.45) is 0 Å². The van der Waals surface area contributed by atoms with Gasteiger partial charge in [-0.2, -0.15) is 0 Å². The van der Waals surface area contributed by atoms with E-state index in [9.17, 15) is 18.3 Å². The van der Waals surface area contributed by atoms with Gasteiger partial charge in [-0.05, 0) is 42.5 Å². The lowest BCUT2D eigenvalue weighted by Gasteiger charge is -2.23. The molecule has 0 saturated heterocycles. The molecular weight excluding hydrogens is 432 g/mol. The summed E-state index contributed by atoms with van der Waals surface area (Å²) in [6.45, 7) is -0.706. The molecule has 0 unspecified atom stereocenters. The first-order chi connectivity index (χ1) is 11.8. The molecule has 130 valence electrons. The maximum Gasteiger partial charge on any atom is 0.324 e. The SMILES string of the molecule is O=C(O)CN(c1ccc2[nH]ccc2c1)S(=O)(=O)c1cc(Cl)cc(Br)c1. The number of rotatable bonds is 5. The van der Waals surface area contributed by atoms with Gasteiger partial charge in [0.05, 0.1) is 10.6 Å². The molecule has 3 aromatic rings. The Kier molecular flexibility index (Phi) is 4.77. The van der Waals surface area contributed by atoms with E-state index < -0.39 is 22.5 Å². The Morgan fingerprint density at radius 3 is 2.64 bits per heavy atom. The number of nitrogens with zero attached hydrogens (tertiary/aromatic N) is 1. The van der Waals surface area contributed by atoms with Crippen LogP contribution in [0.25, 0.3) is 10.9 Å². The summed E-state index contributed by atoms with van der Waals surface area (Å²) < 4.78 is 27.4. The molecule has 1 heterocycles. The third-order valence-electron chi connectivity index (χ3n) is 3.53. The first kappa shape index (κ1) is 17.8. The highest BCUT2D eigenvalue weighted by atomic mass is 79.9. The molecule has 1 aromatic heterocycles. The van der Waals surface area contributed by atoms with E-state index in [2.05, 4.69) is 20.9 Å². The smallest absolute Gasteiger partial charge is 0.324 e. The summed E-state index contributed by atoms with van der Waals surface area (Å²) in [5.74, 6) is -1.26. The van der Waals surface area contributed by atoms with Gasteiger partial charge in [0, 0.05) is 26.6 Å². The average molecular weight is 444 g/mol. The van der Waals surface area contributed by atoms with Crippen LogP contribution in [0.15, 0.2) is 58.0 Å². The topological polar surface area (TPSA) is 90.5 Å². The number of benzene rings is 2. The number of carbonyl (C=O) groups is 1. The molecule has 9 heteroatoms. The number of halogens is 2. The van der Waals surface area contributed by atoms with Gasteiger partial charge in [0.15, 0.2) is 0 Å². The number of aromatic nitrogens is 1. The lowest BCUT2D eigenvalue weighted by molar-refractivity contribution is -0.135. The van der Waals surface area contributed by atoms with E-state index in [0.717, 1.165) is 15.2 Å². The minimum absolute atomic E-state index is 0.0951. The number of carboxylic acids is 1. The number of fused-ring (bicyclic) bond motifs is 1. The zero-order valence-corrected chi connectivity index (χ0v) is 15.8. The standard InChI is InChI=1S/C16H12BrClN2O4S/c17-11-6-12(18)8-14(7-11)25(23,24)20(9-16(21)22)13-1-2-15-10(5-13)3-4-19-15/h1-8,19H,9H2,(H,21,22). The van der Waals surface area contributed by atoms with Crippen LogP contribution in [0.3, 0.4) is 0 Å². The number of aromatic amines is 1. The highest BCUT2D eigenvalue weighted by molar-refractivity contribution is 9.10. The second kappa shape index (κ2) is 6.70. The van der Waals surface area contributed by atoms with Crippen molar-refractivity contribution >= 4 is 60.1 Å². The van der Waals surface area contributed by atoms with Crippen LogP contribution in [0.2, 0.25) is 5.02 Å². The van der Waals surface area contributed by atoms with Gasteiger partial charge in [-0.1, -0.05) is 27.5 Å². The molecular formula is C16H12BrClN2O4S. The lowest BCUT2D eigenvalue weighted by Crippen LogP contribution is -2.35. The van der Waals surface area contributed by atoms with Crippen molar-refractivity contribution in [3.8, 4) is 0 Å². The van der Waals surface area contributed by atoms with Crippen molar-refractivity contribution in [1.29, 1.82) is 0 Å². The fourth-order valence-electron chi connectivity index (χ4n) is 2.44. The molecule has 0 amide bonds. The molecule has 0 spiro atoms. The maximum atomic E-state index is 13.0. The van der Waals surface area contributed by atoms with E-state index in [1.54, 1.807) is 36.5 Å². The van der Waals surface area contributed by atoms with Crippen molar-refractivity contribution in [2.45, 2.75) is 4.90 Å². The second-order valence-corrected chi connectivity index (χ2v) is 8.47. The number of anilines is 1.